The highest BCUT2D eigenvalue weighted by Gasteiger charge is 2.12. The van der Waals surface area contributed by atoms with Gasteiger partial charge in [0.25, 0.3) is 0 Å². The second kappa shape index (κ2) is 3.87. The lowest BCUT2D eigenvalue weighted by Gasteiger charge is -2.14. The van der Waals surface area contributed by atoms with Gasteiger partial charge in [-0.3, -0.25) is 0 Å². The van der Waals surface area contributed by atoms with E-state index in [9.17, 15) is 0 Å². The topological polar surface area (TPSA) is 56.7 Å². The van der Waals surface area contributed by atoms with Gasteiger partial charge in [-0.15, -0.1) is 0 Å². The van der Waals surface area contributed by atoms with Crippen LogP contribution in [0.2, 0.25) is 0 Å². The average Bonchev–Trinajstić information content (AvgIpc) is 2.67. The number of hydrogen-bond acceptors (Lipinski definition) is 3. The molecule has 16 heavy (non-hydrogen) atoms. The number of benzene rings is 1. The first kappa shape index (κ1) is 9.78. The molecule has 0 radical (unpaired) electrons. The van der Waals surface area contributed by atoms with Crippen LogP contribution in [0.3, 0.4) is 0 Å². The molecule has 2 N–H and O–H groups in total. The number of nitrogens with two attached hydrogens (primary N) is 1. The van der Waals surface area contributed by atoms with Crippen LogP contribution in [0.15, 0.2) is 12.1 Å². The van der Waals surface area contributed by atoms with Gasteiger partial charge in [0.1, 0.15) is 11.0 Å². The summed E-state index contributed by atoms with van der Waals surface area (Å²) in [6.07, 6.45) is 4.98. The van der Waals surface area contributed by atoms with Crippen LogP contribution in [0.5, 0.6) is 0 Å². The van der Waals surface area contributed by atoms with Crippen molar-refractivity contribution < 1.29 is 0 Å². The Morgan fingerprint density at radius 2 is 1.62 bits per heavy atom. The minimum absolute atomic E-state index is 0.584. The van der Waals surface area contributed by atoms with Gasteiger partial charge >= 0.3 is 0 Å². The van der Waals surface area contributed by atoms with Gasteiger partial charge in [-0.2, -0.15) is 15.0 Å². The number of aryl methyl sites for hydroxylation is 2. The summed E-state index contributed by atoms with van der Waals surface area (Å²) >= 11 is 0. The third kappa shape index (κ3) is 1.59. The lowest BCUT2D eigenvalue weighted by atomic mass is 9.91. The van der Waals surface area contributed by atoms with Crippen LogP contribution in [-0.2, 0) is 19.4 Å². The fourth-order valence-corrected chi connectivity index (χ4v) is 2.41. The van der Waals surface area contributed by atoms with Crippen molar-refractivity contribution >= 4 is 11.0 Å². The summed E-state index contributed by atoms with van der Waals surface area (Å²) in [6.45, 7) is 1.28. The van der Waals surface area contributed by atoms with E-state index >= 15 is 0 Å². The van der Waals surface area contributed by atoms with Crippen LogP contribution in [0, 0.1) is 0 Å². The molecule has 0 bridgehead atoms. The molecule has 0 saturated heterocycles. The SMILES string of the molecule is NCCn1nc2cc3c(cc2n1)CCCC3. The molecule has 0 unspecified atom stereocenters. The second-order valence-corrected chi connectivity index (χ2v) is 4.40. The van der Waals surface area contributed by atoms with E-state index in [2.05, 4.69) is 22.3 Å². The highest BCUT2D eigenvalue weighted by Crippen LogP contribution is 2.24. The summed E-state index contributed by atoms with van der Waals surface area (Å²) in [5.41, 5.74) is 10.4. The van der Waals surface area contributed by atoms with Crippen LogP contribution < -0.4 is 5.73 Å². The Bertz CT molecular complexity index is 472. The van der Waals surface area contributed by atoms with Gasteiger partial charge in [0.15, 0.2) is 0 Å². The summed E-state index contributed by atoms with van der Waals surface area (Å²) < 4.78 is 0. The average molecular weight is 216 g/mol. The van der Waals surface area contributed by atoms with Gasteiger partial charge in [0, 0.05) is 6.54 Å². The first-order valence-electron chi connectivity index (χ1n) is 5.93. The van der Waals surface area contributed by atoms with Crippen molar-refractivity contribution in [2.75, 3.05) is 6.54 Å². The molecule has 0 aliphatic heterocycles. The molecule has 2 aromatic rings. The van der Waals surface area contributed by atoms with Crippen molar-refractivity contribution in [1.29, 1.82) is 0 Å². The van der Waals surface area contributed by atoms with Crippen molar-refractivity contribution in [3.8, 4) is 0 Å². The molecule has 84 valence electrons. The first-order valence-corrected chi connectivity index (χ1v) is 5.93. The van der Waals surface area contributed by atoms with Gasteiger partial charge in [-0.05, 0) is 48.9 Å². The number of rotatable bonds is 2. The Kier molecular flexibility index (Phi) is 2.36. The fraction of sp³-hybridized carbons (Fsp3) is 0.500. The van der Waals surface area contributed by atoms with Gasteiger partial charge in [0.05, 0.1) is 6.54 Å². The highest BCUT2D eigenvalue weighted by atomic mass is 15.5. The van der Waals surface area contributed by atoms with E-state index in [1.165, 1.54) is 36.8 Å². The summed E-state index contributed by atoms with van der Waals surface area (Å²) in [5.74, 6) is 0. The van der Waals surface area contributed by atoms with E-state index in [1.54, 1.807) is 4.80 Å². The van der Waals surface area contributed by atoms with E-state index in [0.717, 1.165) is 11.0 Å². The molecule has 0 saturated carbocycles. The second-order valence-electron chi connectivity index (χ2n) is 4.40. The zero-order chi connectivity index (χ0) is 11.0. The maximum absolute atomic E-state index is 5.50. The lowest BCUT2D eigenvalue weighted by molar-refractivity contribution is 0.553. The number of fused-ring (bicyclic) bond motifs is 2. The minimum atomic E-state index is 0.584. The van der Waals surface area contributed by atoms with Crippen LogP contribution in [0.25, 0.3) is 11.0 Å². The van der Waals surface area contributed by atoms with Crippen LogP contribution in [0.1, 0.15) is 24.0 Å². The predicted octanol–water partition coefficient (Wildman–Crippen LogP) is 1.27. The fourth-order valence-electron chi connectivity index (χ4n) is 2.41. The molecule has 1 aromatic carbocycles. The highest BCUT2D eigenvalue weighted by molar-refractivity contribution is 5.76. The van der Waals surface area contributed by atoms with Crippen molar-refractivity contribution in [1.82, 2.24) is 15.0 Å². The third-order valence-corrected chi connectivity index (χ3v) is 3.21. The van der Waals surface area contributed by atoms with Crippen LogP contribution in [0.4, 0.5) is 0 Å². The number of aromatic nitrogens is 3. The molecule has 1 heterocycles. The van der Waals surface area contributed by atoms with Gasteiger partial charge in [0.2, 0.25) is 0 Å². The largest absolute Gasteiger partial charge is 0.329 e. The molecule has 3 rings (SSSR count). The molecule has 1 aliphatic rings. The summed E-state index contributed by atoms with van der Waals surface area (Å²) in [7, 11) is 0. The smallest absolute Gasteiger partial charge is 0.113 e. The molecular weight excluding hydrogens is 200 g/mol. The zero-order valence-corrected chi connectivity index (χ0v) is 9.32. The Hall–Kier alpha value is -1.42. The van der Waals surface area contributed by atoms with E-state index in [4.69, 9.17) is 5.73 Å². The molecule has 4 heteroatoms. The normalized spacial score (nSPS) is 15.3. The first-order chi connectivity index (χ1) is 7.86. The van der Waals surface area contributed by atoms with Gasteiger partial charge in [-0.25, -0.2) is 0 Å². The lowest BCUT2D eigenvalue weighted by Crippen LogP contribution is -2.12. The van der Waals surface area contributed by atoms with E-state index in [1.807, 2.05) is 0 Å². The monoisotopic (exact) mass is 216 g/mol. The van der Waals surface area contributed by atoms with Crippen LogP contribution >= 0.6 is 0 Å². The van der Waals surface area contributed by atoms with Crippen molar-refractivity contribution in [2.24, 2.45) is 5.73 Å². The van der Waals surface area contributed by atoms with Gasteiger partial charge < -0.3 is 5.73 Å². The minimum Gasteiger partial charge on any atom is -0.329 e. The Morgan fingerprint density at radius 1 is 1.06 bits per heavy atom. The number of nitrogens with zero attached hydrogens (tertiary/aromatic N) is 3. The van der Waals surface area contributed by atoms with E-state index in [-0.39, 0.29) is 0 Å². The summed E-state index contributed by atoms with van der Waals surface area (Å²) in [5, 5.41) is 8.87. The van der Waals surface area contributed by atoms with Crippen molar-refractivity contribution in [3.05, 3.63) is 23.3 Å². The Labute approximate surface area is 94.4 Å². The number of hydrogen-bond donors (Lipinski definition) is 1. The van der Waals surface area contributed by atoms with Crippen molar-refractivity contribution in [2.45, 2.75) is 32.2 Å². The standard InChI is InChI=1S/C12H16N4/c13-5-6-16-14-11-7-9-3-1-2-4-10(9)8-12(11)15-16/h7-8H,1-6,13H2. The van der Waals surface area contributed by atoms with Crippen LogP contribution in [-0.4, -0.2) is 21.5 Å². The molecule has 0 amide bonds. The molecule has 4 nitrogen and oxygen atoms in total. The Balaban J connectivity index is 2.09. The zero-order valence-electron chi connectivity index (χ0n) is 9.32. The van der Waals surface area contributed by atoms with E-state index < -0.39 is 0 Å². The summed E-state index contributed by atoms with van der Waals surface area (Å²) in [6, 6.07) is 4.40. The maximum atomic E-state index is 5.50. The molecule has 1 aliphatic carbocycles. The quantitative estimate of drug-likeness (QED) is 0.822. The molecule has 1 aromatic heterocycles. The molecule has 0 atom stereocenters. The van der Waals surface area contributed by atoms with Gasteiger partial charge in [-0.1, -0.05) is 0 Å². The Morgan fingerprint density at radius 3 is 2.12 bits per heavy atom. The summed E-state index contributed by atoms with van der Waals surface area (Å²) in [4.78, 5) is 1.70. The van der Waals surface area contributed by atoms with Crippen molar-refractivity contribution in [3.63, 3.8) is 0 Å². The maximum Gasteiger partial charge on any atom is 0.113 e. The van der Waals surface area contributed by atoms with E-state index in [0.29, 0.717) is 13.1 Å². The predicted molar refractivity (Wildman–Crippen MR) is 63.2 cm³/mol. The third-order valence-electron chi connectivity index (χ3n) is 3.21. The molecule has 0 spiro atoms. The molecule has 0 fully saturated rings. The molecular formula is C12H16N4.